The van der Waals surface area contributed by atoms with Crippen LogP contribution in [0.15, 0.2) is 20.6 Å². The highest BCUT2D eigenvalue weighted by Gasteiger charge is 2.10. The minimum Gasteiger partial charge on any atom is -0.467 e. The molecule has 143 heavy (non-hydrogen) atoms. The van der Waals surface area contributed by atoms with E-state index in [0.29, 0.717) is 80.7 Å². The van der Waals surface area contributed by atoms with Crippen molar-refractivity contribution in [2.75, 3.05) is 227 Å². The van der Waals surface area contributed by atoms with Gasteiger partial charge < -0.3 is 106 Å². The number of rotatable bonds is 17. The Morgan fingerprint density at radius 3 is 0.503 bits per heavy atom. The number of aryl methyl sites for hydroxylation is 3. The van der Waals surface area contributed by atoms with Gasteiger partial charge in [-0.2, -0.15) is 190 Å². The summed E-state index contributed by atoms with van der Waals surface area (Å²) in [5.41, 5.74) is 22.5. The van der Waals surface area contributed by atoms with Crippen molar-refractivity contribution in [3.63, 3.8) is 0 Å². The minimum atomic E-state index is 0.000000000000000444. The number of aliphatic hydroxyl groups is 2. The molecule has 12 heterocycles. The van der Waals surface area contributed by atoms with Crippen LogP contribution in [0.2, 0.25) is 84.5 Å². The molecular formula is C65H110Cl16N50O6S6. The Hall–Kier alpha value is -8.02. The quantitative estimate of drug-likeness (QED) is 0.0297. The van der Waals surface area contributed by atoms with Crippen molar-refractivity contribution in [2.24, 2.45) is 28.7 Å². The smallest absolute Gasteiger partial charge is 0.323 e. The monoisotopic (exact) mass is 2440 g/mol. The summed E-state index contributed by atoms with van der Waals surface area (Å²) >= 11 is 99.0. The number of thioether (sulfide) groups is 4. The van der Waals surface area contributed by atoms with Crippen LogP contribution < -0.4 is 95.5 Å². The summed E-state index contributed by atoms with van der Waals surface area (Å²) in [6.07, 6.45) is 11.0. The summed E-state index contributed by atoms with van der Waals surface area (Å²) in [5.74, 6) is 6.88. The van der Waals surface area contributed by atoms with Gasteiger partial charge in [0.1, 0.15) is 17.5 Å². The molecule has 0 saturated carbocycles. The van der Waals surface area contributed by atoms with E-state index in [2.05, 4.69) is 281 Å². The van der Waals surface area contributed by atoms with E-state index >= 15 is 0 Å². The van der Waals surface area contributed by atoms with Gasteiger partial charge in [0, 0.05) is 77.6 Å². The number of methoxy groups -OCH3 is 4. The zero-order chi connectivity index (χ0) is 112. The number of ether oxygens (including phenoxy) is 4. The standard InChI is InChI=1S/C6H11N5S.C6H11N5.C6H10N4S.C6H9N3O2.C5H8ClN5.2C5H7ClN4S.C5H6ClN3O2.4C3Cl3N3.5CH5N.2CH4O.2CH4S/c1-7-4-9-5(8-2)11-6(10-4)12-3;1-4-9-5(7-2)11-6(8-3)10-4;1-4-8-5(7-2)10-6(9-4)11-3;1-4-7-5(10-2)9-6(8-4)11-3;1-7-4-9-3(6)10-5(8-2)11-4;2*1-7-4-8-3(6)9-5(10-4)11-2;1-10-4-7-3(6)8-5(9-4)11-2;4*4-1-7-2(5)9-3(6)8-1;9*1-2/h1-3H3,(H2,7,8,9,10,11);1-3H3,(H2,7,8,9,10,11);1-3H3,(H,7,8,9,10);1-3H3;1-2H3,(H2,7,8,9,10,11);2*1-2H3,(H,7,8,9,10);1-2H3;;;;;5*2H2,1H3;4*2H,1H3. The summed E-state index contributed by atoms with van der Waals surface area (Å²) in [4.78, 5) is 136. The van der Waals surface area contributed by atoms with Crippen LogP contribution in [0.4, 0.5) is 53.5 Å². The van der Waals surface area contributed by atoms with Crippen LogP contribution in [0.25, 0.3) is 0 Å². The molecule has 0 radical (unpaired) electrons. The molecule has 12 rings (SSSR count). The maximum Gasteiger partial charge on any atom is 0.323 e. The fourth-order valence-corrected chi connectivity index (χ4v) is 10.6. The molecule has 0 amide bonds. The van der Waals surface area contributed by atoms with Gasteiger partial charge in [-0.05, 0) is 279 Å². The molecule has 0 saturated heterocycles. The Kier molecular flexibility index (Phi) is 108. The zero-order valence-electron chi connectivity index (χ0n) is 81.6. The van der Waals surface area contributed by atoms with Crippen molar-refractivity contribution < 1.29 is 29.2 Å². The van der Waals surface area contributed by atoms with Gasteiger partial charge in [0.05, 0.1) is 28.4 Å². The number of nitrogens with zero attached hydrogens (tertiary/aromatic N) is 36. The Morgan fingerprint density at radius 2 is 0.315 bits per heavy atom. The molecule has 0 aliphatic carbocycles. The number of anilines is 9. The number of thiol groups is 2. The predicted molar refractivity (Wildman–Crippen MR) is 588 cm³/mol. The summed E-state index contributed by atoms with van der Waals surface area (Å²) in [6.45, 7) is 5.42. The van der Waals surface area contributed by atoms with Crippen LogP contribution in [-0.2, 0) is 0 Å². The number of aliphatic hydroxyl groups excluding tert-OH is 2. The normalized spacial score (nSPS) is 8.74. The molecule has 0 unspecified atom stereocenters. The third-order valence-corrected chi connectivity index (χ3v) is 15.7. The van der Waals surface area contributed by atoms with Crippen molar-refractivity contribution in [3.8, 4) is 24.0 Å². The van der Waals surface area contributed by atoms with Crippen molar-refractivity contribution in [1.82, 2.24) is 179 Å². The van der Waals surface area contributed by atoms with Crippen molar-refractivity contribution >= 4 is 311 Å². The van der Waals surface area contributed by atoms with Gasteiger partial charge >= 0.3 is 24.0 Å². The highest BCUT2D eigenvalue weighted by Crippen LogP contribution is 2.20. The van der Waals surface area contributed by atoms with Crippen LogP contribution in [0.1, 0.15) is 17.5 Å². The Bertz CT molecular complexity index is 4110. The number of hydrogen-bond acceptors (Lipinski definition) is 62. The molecule has 804 valence electrons. The van der Waals surface area contributed by atoms with Crippen LogP contribution in [-0.4, -0.2) is 368 Å². The van der Waals surface area contributed by atoms with Gasteiger partial charge in [-0.1, -0.05) is 47.0 Å². The van der Waals surface area contributed by atoms with E-state index < -0.39 is 0 Å². The fraction of sp³-hybridized carbons (Fsp3) is 0.446. The largest absolute Gasteiger partial charge is 0.467 e. The number of halogens is 16. The second kappa shape index (κ2) is 101. The summed E-state index contributed by atoms with van der Waals surface area (Å²) in [5, 5.41) is 42.7. The van der Waals surface area contributed by atoms with Crippen LogP contribution in [0.5, 0.6) is 24.0 Å². The first kappa shape index (κ1) is 153. The molecule has 78 heteroatoms. The van der Waals surface area contributed by atoms with E-state index in [9.17, 15) is 0 Å². The van der Waals surface area contributed by atoms with Gasteiger partial charge in [0.25, 0.3) is 0 Å². The minimum absolute atomic E-state index is 0.000000000000000444. The summed E-state index contributed by atoms with van der Waals surface area (Å²) in [6, 6.07) is 0.826. The molecule has 56 nitrogen and oxygen atoms in total. The second-order valence-electron chi connectivity index (χ2n) is 19.0. The van der Waals surface area contributed by atoms with Gasteiger partial charge in [0.2, 0.25) is 138 Å². The maximum atomic E-state index is 7.00. The highest BCUT2D eigenvalue weighted by molar-refractivity contribution is 7.99. The number of hydrogen-bond donors (Lipinski definition) is 18. The lowest BCUT2D eigenvalue weighted by molar-refractivity contribution is 0.337. The molecule has 0 bridgehead atoms. The van der Waals surface area contributed by atoms with E-state index in [4.69, 9.17) is 215 Å². The first-order valence-corrected chi connectivity index (χ1v) is 49.7. The predicted octanol–water partition coefficient (Wildman–Crippen LogP) is 11.3. The van der Waals surface area contributed by atoms with Gasteiger partial charge in [0.15, 0.2) is 20.6 Å². The maximum absolute atomic E-state index is 7.00. The fourth-order valence-electron chi connectivity index (χ4n) is 6.01. The van der Waals surface area contributed by atoms with E-state index in [0.717, 1.165) is 25.2 Å². The molecule has 0 aromatic carbocycles. The van der Waals surface area contributed by atoms with Crippen molar-refractivity contribution in [3.05, 3.63) is 102 Å². The van der Waals surface area contributed by atoms with E-state index in [1.807, 2.05) is 38.9 Å². The summed E-state index contributed by atoms with van der Waals surface area (Å²) in [7, 11) is 31.1. The molecule has 0 atom stereocenters. The molecule has 0 aliphatic rings. The molecule has 0 spiro atoms. The highest BCUT2D eigenvalue weighted by atomic mass is 35.5. The third kappa shape index (κ3) is 80.8. The molecule has 12 aromatic heterocycles. The van der Waals surface area contributed by atoms with Gasteiger partial charge in [-0.15, -0.1) is 9.97 Å². The van der Waals surface area contributed by atoms with E-state index in [-0.39, 0.29) is 109 Å². The first-order valence-electron chi connectivity index (χ1n) is 36.9. The number of aromatic nitrogens is 36. The topological polar surface area (TPSA) is 780 Å². The van der Waals surface area contributed by atoms with Crippen LogP contribution in [0, 0.1) is 20.8 Å². The Morgan fingerprint density at radius 1 is 0.189 bits per heavy atom. The lowest BCUT2D eigenvalue weighted by atomic mass is 10.7. The van der Waals surface area contributed by atoms with Crippen LogP contribution >= 0.6 is 258 Å². The molecule has 0 fully saturated rings. The SMILES string of the molecule is CN.CN.CN.CN.CN.CNc1nc(C)nc(NC)n1.CNc1nc(C)nc(SC)n1.CNc1nc(Cl)nc(NC)n1.CNc1nc(Cl)nc(SC)n1.CNc1nc(Cl)nc(SC)n1.CNc1nc(NC)nc(SC)n1.CO.CO.COc1nc(C)nc(OC)n1.COc1nc(Cl)nc(OC)n1.CS.CS.Clc1nc(Cl)nc(Cl)n1.Clc1nc(Cl)nc(Cl)n1.Clc1nc(Cl)nc(Cl)n1.Clc1nc(Cl)nc(Cl)n1. The molecule has 12 aromatic rings. The lowest BCUT2D eigenvalue weighted by Crippen LogP contribution is -2.04. The average Bonchev–Trinajstić information content (AvgIpc) is 0.895. The Labute approximate surface area is 934 Å². The summed E-state index contributed by atoms with van der Waals surface area (Å²) < 4.78 is 19.0. The lowest BCUT2D eigenvalue weighted by Gasteiger charge is -2.03. The van der Waals surface area contributed by atoms with Crippen molar-refractivity contribution in [2.45, 2.75) is 41.4 Å². The van der Waals surface area contributed by atoms with Gasteiger partial charge in [-0.25, -0.2) is 4.98 Å². The molecule has 0 aliphatic heterocycles. The first-order chi connectivity index (χ1) is 68.3. The van der Waals surface area contributed by atoms with Gasteiger partial charge in [-0.3, -0.25) is 0 Å². The zero-order valence-corrected chi connectivity index (χ0v) is 98.7. The molecular weight excluding hydrogens is 2340 g/mol. The van der Waals surface area contributed by atoms with E-state index in [1.54, 1.807) is 82.9 Å². The average molecular weight is 2450 g/mol. The second-order valence-corrected chi connectivity index (χ2v) is 27.5. The van der Waals surface area contributed by atoms with Crippen LogP contribution in [0.3, 0.4) is 0 Å². The number of nitrogens with one attached hydrogen (secondary N) is 9. The Balaban J connectivity index is -0.000000193. The third-order valence-electron chi connectivity index (χ3n) is 10.8. The number of nitrogens with two attached hydrogens (primary N) is 5. The van der Waals surface area contributed by atoms with E-state index in [1.165, 1.54) is 111 Å². The molecule has 21 N–H and O–H groups in total. The van der Waals surface area contributed by atoms with Crippen molar-refractivity contribution in [1.29, 1.82) is 0 Å².